The molecule has 6 nitrogen and oxygen atoms in total. The number of carbonyl (C=O) groups is 1. The summed E-state index contributed by atoms with van der Waals surface area (Å²) in [4.78, 5) is 12.2. The minimum absolute atomic E-state index is 0.108. The van der Waals surface area contributed by atoms with Crippen molar-refractivity contribution in [2.75, 3.05) is 5.32 Å². The third kappa shape index (κ3) is 3.53. The molecule has 8 heteroatoms. The molecule has 0 radical (unpaired) electrons. The lowest BCUT2D eigenvalue weighted by Gasteiger charge is -2.06. The summed E-state index contributed by atoms with van der Waals surface area (Å²) < 4.78 is 17.8. The van der Waals surface area contributed by atoms with Crippen molar-refractivity contribution < 1.29 is 9.18 Å². The van der Waals surface area contributed by atoms with Crippen LogP contribution in [0.3, 0.4) is 0 Å². The Bertz CT molecular complexity index is 902. The summed E-state index contributed by atoms with van der Waals surface area (Å²) in [5.74, 6) is -0.983. The molecular formula is C16H15BrFN5O. The van der Waals surface area contributed by atoms with E-state index in [9.17, 15) is 9.18 Å². The van der Waals surface area contributed by atoms with Gasteiger partial charge < -0.3 is 5.32 Å². The van der Waals surface area contributed by atoms with E-state index in [4.69, 9.17) is 0 Å². The molecule has 1 N–H and O–H groups in total. The molecule has 0 unspecified atom stereocenters. The van der Waals surface area contributed by atoms with Gasteiger partial charge in [0, 0.05) is 16.4 Å². The van der Waals surface area contributed by atoms with E-state index in [-0.39, 0.29) is 11.4 Å². The first-order valence-electron chi connectivity index (χ1n) is 7.23. The van der Waals surface area contributed by atoms with Crippen molar-refractivity contribution in [3.8, 4) is 0 Å². The topological polar surface area (TPSA) is 64.7 Å². The Labute approximate surface area is 146 Å². The highest BCUT2D eigenvalue weighted by Crippen LogP contribution is 2.19. The fourth-order valence-electron chi connectivity index (χ4n) is 2.29. The summed E-state index contributed by atoms with van der Waals surface area (Å²) in [6, 6.07) is 7.98. The SMILES string of the molecule is Cc1cc(C)n(Cn2ccc(C(=O)Nc3ccc(Br)cc3F)n2)n1. The van der Waals surface area contributed by atoms with Crippen LogP contribution >= 0.6 is 15.9 Å². The number of nitrogens with one attached hydrogen (secondary N) is 1. The van der Waals surface area contributed by atoms with Gasteiger partial charge in [-0.05, 0) is 44.2 Å². The Morgan fingerprint density at radius 2 is 2.04 bits per heavy atom. The number of hydrogen-bond donors (Lipinski definition) is 1. The molecule has 0 saturated heterocycles. The van der Waals surface area contributed by atoms with E-state index in [1.807, 2.05) is 19.9 Å². The van der Waals surface area contributed by atoms with Crippen LogP contribution in [-0.2, 0) is 6.67 Å². The normalized spacial score (nSPS) is 10.8. The van der Waals surface area contributed by atoms with E-state index in [1.54, 1.807) is 27.7 Å². The second-order valence-corrected chi connectivity index (χ2v) is 6.30. The van der Waals surface area contributed by atoms with Crippen LogP contribution in [-0.4, -0.2) is 25.5 Å². The quantitative estimate of drug-likeness (QED) is 0.741. The standard InChI is InChI=1S/C16H15BrFN5O/c1-10-7-11(2)23(20-10)9-22-6-5-15(21-22)16(24)19-14-4-3-12(17)8-13(14)18/h3-8H,9H2,1-2H3,(H,19,24). The Balaban J connectivity index is 1.72. The van der Waals surface area contributed by atoms with Crippen molar-refractivity contribution in [3.63, 3.8) is 0 Å². The number of hydrogen-bond acceptors (Lipinski definition) is 3. The van der Waals surface area contributed by atoms with Crippen LogP contribution in [0.2, 0.25) is 0 Å². The van der Waals surface area contributed by atoms with Crippen LogP contribution in [0.1, 0.15) is 21.9 Å². The predicted molar refractivity (Wildman–Crippen MR) is 91.4 cm³/mol. The highest BCUT2D eigenvalue weighted by molar-refractivity contribution is 9.10. The van der Waals surface area contributed by atoms with Gasteiger partial charge in [0.2, 0.25) is 0 Å². The number of aromatic nitrogens is 4. The van der Waals surface area contributed by atoms with E-state index < -0.39 is 11.7 Å². The molecule has 24 heavy (non-hydrogen) atoms. The maximum atomic E-state index is 13.8. The molecule has 0 bridgehead atoms. The summed E-state index contributed by atoms with van der Waals surface area (Å²) in [7, 11) is 0. The van der Waals surface area contributed by atoms with Crippen LogP contribution < -0.4 is 5.32 Å². The van der Waals surface area contributed by atoms with Gasteiger partial charge >= 0.3 is 0 Å². The number of halogens is 2. The van der Waals surface area contributed by atoms with Crippen LogP contribution in [0, 0.1) is 19.7 Å². The summed E-state index contributed by atoms with van der Waals surface area (Å²) in [6.45, 7) is 4.27. The number of anilines is 1. The first-order chi connectivity index (χ1) is 11.4. The van der Waals surface area contributed by atoms with Gasteiger partial charge in [-0.1, -0.05) is 15.9 Å². The number of carbonyl (C=O) groups excluding carboxylic acids is 1. The molecule has 2 aromatic heterocycles. The molecule has 124 valence electrons. The van der Waals surface area contributed by atoms with Crippen molar-refractivity contribution in [3.05, 3.63) is 63.9 Å². The van der Waals surface area contributed by atoms with E-state index in [2.05, 4.69) is 31.4 Å². The highest BCUT2D eigenvalue weighted by atomic mass is 79.9. The third-order valence-electron chi connectivity index (χ3n) is 3.43. The lowest BCUT2D eigenvalue weighted by molar-refractivity contribution is 0.102. The van der Waals surface area contributed by atoms with Gasteiger partial charge in [0.1, 0.15) is 12.5 Å². The molecule has 3 rings (SSSR count). The molecule has 1 aromatic carbocycles. The second kappa shape index (κ2) is 6.56. The Hall–Kier alpha value is -2.48. The van der Waals surface area contributed by atoms with Gasteiger partial charge in [0.25, 0.3) is 5.91 Å². The second-order valence-electron chi connectivity index (χ2n) is 5.39. The number of rotatable bonds is 4. The third-order valence-corrected chi connectivity index (χ3v) is 3.93. The Morgan fingerprint density at radius 3 is 2.71 bits per heavy atom. The van der Waals surface area contributed by atoms with Crippen LogP contribution in [0.15, 0.2) is 41.0 Å². The molecule has 0 aliphatic rings. The molecule has 1 amide bonds. The predicted octanol–water partition coefficient (Wildman–Crippen LogP) is 3.36. The Morgan fingerprint density at radius 1 is 1.25 bits per heavy atom. The zero-order valence-electron chi connectivity index (χ0n) is 13.1. The Kier molecular flexibility index (Phi) is 4.48. The van der Waals surface area contributed by atoms with E-state index in [0.717, 1.165) is 11.4 Å². The average molecular weight is 392 g/mol. The first kappa shape index (κ1) is 16.4. The highest BCUT2D eigenvalue weighted by Gasteiger charge is 2.13. The molecule has 0 atom stereocenters. The van der Waals surface area contributed by atoms with Crippen molar-refractivity contribution in [2.24, 2.45) is 0 Å². The van der Waals surface area contributed by atoms with Gasteiger partial charge in [0.05, 0.1) is 11.4 Å². The summed E-state index contributed by atoms with van der Waals surface area (Å²) in [6.07, 6.45) is 1.68. The number of benzene rings is 1. The molecule has 3 aromatic rings. The molecular weight excluding hydrogens is 377 g/mol. The van der Waals surface area contributed by atoms with Gasteiger partial charge in [-0.2, -0.15) is 10.2 Å². The molecule has 0 aliphatic carbocycles. The van der Waals surface area contributed by atoms with Gasteiger partial charge in [0.15, 0.2) is 5.69 Å². The molecule has 0 spiro atoms. The maximum Gasteiger partial charge on any atom is 0.276 e. The molecule has 0 aliphatic heterocycles. The number of nitrogens with zero attached hydrogens (tertiary/aromatic N) is 4. The van der Waals surface area contributed by atoms with Crippen LogP contribution in [0.25, 0.3) is 0 Å². The molecule has 2 heterocycles. The van der Waals surface area contributed by atoms with Crippen LogP contribution in [0.4, 0.5) is 10.1 Å². The number of amides is 1. The summed E-state index contributed by atoms with van der Waals surface area (Å²) in [5, 5.41) is 11.1. The van der Waals surface area contributed by atoms with E-state index >= 15 is 0 Å². The molecule has 0 saturated carbocycles. The fourth-order valence-corrected chi connectivity index (χ4v) is 2.63. The van der Waals surface area contributed by atoms with E-state index in [1.165, 1.54) is 12.1 Å². The zero-order valence-corrected chi connectivity index (χ0v) is 14.7. The summed E-state index contributed by atoms with van der Waals surface area (Å²) >= 11 is 3.17. The first-order valence-corrected chi connectivity index (χ1v) is 8.02. The van der Waals surface area contributed by atoms with Crippen molar-refractivity contribution >= 4 is 27.5 Å². The van der Waals surface area contributed by atoms with Crippen LogP contribution in [0.5, 0.6) is 0 Å². The average Bonchev–Trinajstić information content (AvgIpc) is 3.09. The number of aryl methyl sites for hydroxylation is 2. The fraction of sp³-hybridized carbons (Fsp3) is 0.188. The maximum absolute atomic E-state index is 13.8. The minimum atomic E-state index is -0.514. The minimum Gasteiger partial charge on any atom is -0.318 e. The van der Waals surface area contributed by atoms with E-state index in [0.29, 0.717) is 11.1 Å². The van der Waals surface area contributed by atoms with Gasteiger partial charge in [-0.25, -0.2) is 9.07 Å². The molecule has 0 fully saturated rings. The monoisotopic (exact) mass is 391 g/mol. The van der Waals surface area contributed by atoms with Crippen molar-refractivity contribution in [1.82, 2.24) is 19.6 Å². The van der Waals surface area contributed by atoms with Crippen molar-refractivity contribution in [2.45, 2.75) is 20.5 Å². The lowest BCUT2D eigenvalue weighted by atomic mass is 10.3. The van der Waals surface area contributed by atoms with Gasteiger partial charge in [-0.15, -0.1) is 0 Å². The zero-order chi connectivity index (χ0) is 17.3. The summed E-state index contributed by atoms with van der Waals surface area (Å²) in [5.41, 5.74) is 2.24. The smallest absolute Gasteiger partial charge is 0.276 e. The largest absolute Gasteiger partial charge is 0.318 e. The van der Waals surface area contributed by atoms with Gasteiger partial charge in [-0.3, -0.25) is 9.48 Å². The lowest BCUT2D eigenvalue weighted by Crippen LogP contribution is -2.16. The van der Waals surface area contributed by atoms with Crippen molar-refractivity contribution in [1.29, 1.82) is 0 Å².